The molecular formula is C19H29N3O4. The summed E-state index contributed by atoms with van der Waals surface area (Å²) in [7, 11) is 1.66. The van der Waals surface area contributed by atoms with E-state index in [0.29, 0.717) is 45.8 Å². The highest BCUT2D eigenvalue weighted by Gasteiger charge is 2.24. The maximum absolute atomic E-state index is 12.2. The minimum atomic E-state index is -0.292. The predicted molar refractivity (Wildman–Crippen MR) is 99.4 cm³/mol. The Hall–Kier alpha value is -2.28. The molecule has 1 fully saturated rings. The Labute approximate surface area is 155 Å². The summed E-state index contributed by atoms with van der Waals surface area (Å²) in [4.78, 5) is 27.4. The number of methoxy groups -OCH3 is 1. The first-order valence-electron chi connectivity index (χ1n) is 9.17. The van der Waals surface area contributed by atoms with Crippen molar-refractivity contribution in [2.75, 3.05) is 53.0 Å². The van der Waals surface area contributed by atoms with Crippen molar-refractivity contribution in [1.29, 1.82) is 0 Å². The van der Waals surface area contributed by atoms with Crippen molar-refractivity contribution >= 4 is 12.0 Å². The van der Waals surface area contributed by atoms with Gasteiger partial charge in [-0.25, -0.2) is 4.79 Å². The van der Waals surface area contributed by atoms with E-state index >= 15 is 0 Å². The minimum Gasteiger partial charge on any atom is -0.497 e. The van der Waals surface area contributed by atoms with Crippen LogP contribution in [-0.2, 0) is 16.0 Å². The number of rotatable bonds is 8. The third-order valence-electron chi connectivity index (χ3n) is 4.42. The summed E-state index contributed by atoms with van der Waals surface area (Å²) in [6, 6.07) is 8.01. The van der Waals surface area contributed by atoms with Gasteiger partial charge in [-0.15, -0.1) is 0 Å². The van der Waals surface area contributed by atoms with Crippen LogP contribution < -0.4 is 10.1 Å². The van der Waals surface area contributed by atoms with E-state index in [9.17, 15) is 9.59 Å². The van der Waals surface area contributed by atoms with Crippen LogP contribution in [0.5, 0.6) is 5.75 Å². The molecule has 7 nitrogen and oxygen atoms in total. The second kappa shape index (κ2) is 10.7. The molecule has 1 aliphatic heterocycles. The number of carbonyl (C=O) groups excluding carboxylic acids is 2. The molecule has 1 aliphatic rings. The van der Waals surface area contributed by atoms with Gasteiger partial charge < -0.3 is 24.6 Å². The highest BCUT2D eigenvalue weighted by molar-refractivity contribution is 5.77. The molecule has 0 aromatic heterocycles. The SMILES string of the molecule is CCOC(=O)N1CCN(C(=O)CCNCCc2ccc(OC)cc2)CC1. The van der Waals surface area contributed by atoms with Crippen LogP contribution in [0.3, 0.4) is 0 Å². The Balaban J connectivity index is 1.58. The van der Waals surface area contributed by atoms with Gasteiger partial charge >= 0.3 is 6.09 Å². The molecule has 1 saturated heterocycles. The summed E-state index contributed by atoms with van der Waals surface area (Å²) in [5.41, 5.74) is 1.24. The number of piperazine rings is 1. The lowest BCUT2D eigenvalue weighted by Crippen LogP contribution is -2.51. The number of benzene rings is 1. The van der Waals surface area contributed by atoms with Crippen LogP contribution in [0.1, 0.15) is 18.9 Å². The number of hydrogen-bond donors (Lipinski definition) is 1. The summed E-state index contributed by atoms with van der Waals surface area (Å²) >= 11 is 0. The van der Waals surface area contributed by atoms with Gasteiger partial charge in [-0.3, -0.25) is 4.79 Å². The zero-order chi connectivity index (χ0) is 18.8. The Kier molecular flexibility index (Phi) is 8.21. The van der Waals surface area contributed by atoms with Crippen LogP contribution in [0.2, 0.25) is 0 Å². The van der Waals surface area contributed by atoms with Crippen LogP contribution in [0.15, 0.2) is 24.3 Å². The molecule has 1 aromatic rings. The number of hydrogen-bond acceptors (Lipinski definition) is 5. The van der Waals surface area contributed by atoms with Crippen molar-refractivity contribution in [1.82, 2.24) is 15.1 Å². The van der Waals surface area contributed by atoms with Crippen molar-refractivity contribution in [2.24, 2.45) is 0 Å². The maximum atomic E-state index is 12.2. The van der Waals surface area contributed by atoms with Crippen molar-refractivity contribution in [3.63, 3.8) is 0 Å². The van der Waals surface area contributed by atoms with Gasteiger partial charge in [0.2, 0.25) is 5.91 Å². The molecule has 1 N–H and O–H groups in total. The Bertz CT molecular complexity index is 569. The number of carbonyl (C=O) groups is 2. The van der Waals surface area contributed by atoms with E-state index in [0.717, 1.165) is 18.7 Å². The number of nitrogens with one attached hydrogen (secondary N) is 1. The van der Waals surface area contributed by atoms with Crippen LogP contribution in [0, 0.1) is 0 Å². The van der Waals surface area contributed by atoms with Crippen LogP contribution in [-0.4, -0.2) is 74.8 Å². The van der Waals surface area contributed by atoms with Crippen LogP contribution in [0.25, 0.3) is 0 Å². The summed E-state index contributed by atoms with van der Waals surface area (Å²) in [5, 5.41) is 3.31. The average molecular weight is 363 g/mol. The normalized spacial score (nSPS) is 14.2. The first-order valence-corrected chi connectivity index (χ1v) is 9.17. The monoisotopic (exact) mass is 363 g/mol. The molecule has 0 saturated carbocycles. The van der Waals surface area contributed by atoms with Crippen molar-refractivity contribution in [3.05, 3.63) is 29.8 Å². The minimum absolute atomic E-state index is 0.130. The lowest BCUT2D eigenvalue weighted by molar-refractivity contribution is -0.132. The third-order valence-corrected chi connectivity index (χ3v) is 4.42. The van der Waals surface area contributed by atoms with E-state index in [1.165, 1.54) is 5.56 Å². The highest BCUT2D eigenvalue weighted by Crippen LogP contribution is 2.11. The lowest BCUT2D eigenvalue weighted by atomic mass is 10.1. The van der Waals surface area contributed by atoms with E-state index in [2.05, 4.69) is 17.4 Å². The zero-order valence-electron chi connectivity index (χ0n) is 15.7. The highest BCUT2D eigenvalue weighted by atomic mass is 16.6. The van der Waals surface area contributed by atoms with Gasteiger partial charge in [0.25, 0.3) is 0 Å². The van der Waals surface area contributed by atoms with Gasteiger partial charge in [-0.1, -0.05) is 12.1 Å². The van der Waals surface area contributed by atoms with E-state index in [1.54, 1.807) is 18.9 Å². The molecule has 2 amide bonds. The molecule has 0 aliphatic carbocycles. The molecule has 0 radical (unpaired) electrons. The maximum Gasteiger partial charge on any atom is 0.409 e. The fourth-order valence-corrected chi connectivity index (χ4v) is 2.86. The molecule has 0 unspecified atom stereocenters. The largest absolute Gasteiger partial charge is 0.497 e. The van der Waals surface area contributed by atoms with E-state index in [-0.39, 0.29) is 12.0 Å². The first kappa shape index (κ1) is 20.0. The molecule has 7 heteroatoms. The second-order valence-corrected chi connectivity index (χ2v) is 6.16. The second-order valence-electron chi connectivity index (χ2n) is 6.16. The summed E-state index contributed by atoms with van der Waals surface area (Å²) in [5.74, 6) is 0.987. The summed E-state index contributed by atoms with van der Waals surface area (Å²) in [6.45, 7) is 5.88. The van der Waals surface area contributed by atoms with E-state index < -0.39 is 0 Å². The molecule has 144 valence electrons. The van der Waals surface area contributed by atoms with Gasteiger partial charge in [-0.2, -0.15) is 0 Å². The summed E-state index contributed by atoms with van der Waals surface area (Å²) in [6.07, 6.45) is 1.10. The van der Waals surface area contributed by atoms with Crippen LogP contribution >= 0.6 is 0 Å². The topological polar surface area (TPSA) is 71.1 Å². The van der Waals surface area contributed by atoms with Crippen molar-refractivity contribution < 1.29 is 19.1 Å². The lowest BCUT2D eigenvalue weighted by Gasteiger charge is -2.34. The van der Waals surface area contributed by atoms with Gasteiger partial charge in [-0.05, 0) is 37.6 Å². The number of amides is 2. The molecular weight excluding hydrogens is 334 g/mol. The molecule has 0 atom stereocenters. The van der Waals surface area contributed by atoms with Crippen molar-refractivity contribution in [2.45, 2.75) is 19.8 Å². The Morgan fingerprint density at radius 3 is 2.31 bits per heavy atom. The van der Waals surface area contributed by atoms with Gasteiger partial charge in [0.15, 0.2) is 0 Å². The Morgan fingerprint density at radius 2 is 1.69 bits per heavy atom. The quantitative estimate of drug-likeness (QED) is 0.709. The molecule has 26 heavy (non-hydrogen) atoms. The molecule has 1 heterocycles. The molecule has 1 aromatic carbocycles. The third kappa shape index (κ3) is 6.22. The van der Waals surface area contributed by atoms with Crippen molar-refractivity contribution in [3.8, 4) is 5.75 Å². The number of nitrogens with zero attached hydrogens (tertiary/aromatic N) is 2. The zero-order valence-corrected chi connectivity index (χ0v) is 15.7. The summed E-state index contributed by atoms with van der Waals surface area (Å²) < 4.78 is 10.1. The van der Waals surface area contributed by atoms with Gasteiger partial charge in [0.1, 0.15) is 5.75 Å². The molecule has 2 rings (SSSR count). The van der Waals surface area contributed by atoms with Gasteiger partial charge in [0.05, 0.1) is 13.7 Å². The fourth-order valence-electron chi connectivity index (χ4n) is 2.86. The standard InChI is InChI=1S/C19H29N3O4/c1-3-26-19(24)22-14-12-21(13-15-22)18(23)9-11-20-10-8-16-4-6-17(25-2)7-5-16/h4-7,20H,3,8-15H2,1-2H3. The first-order chi connectivity index (χ1) is 12.6. The van der Waals surface area contributed by atoms with Crippen LogP contribution in [0.4, 0.5) is 4.79 Å². The van der Waals surface area contributed by atoms with E-state index in [4.69, 9.17) is 9.47 Å². The average Bonchev–Trinajstić information content (AvgIpc) is 2.68. The predicted octanol–water partition coefficient (Wildman–Crippen LogP) is 1.52. The molecule has 0 bridgehead atoms. The smallest absolute Gasteiger partial charge is 0.409 e. The number of ether oxygens (including phenoxy) is 2. The Morgan fingerprint density at radius 1 is 1.04 bits per heavy atom. The van der Waals surface area contributed by atoms with Gasteiger partial charge in [0, 0.05) is 39.1 Å². The molecule has 0 spiro atoms. The fraction of sp³-hybridized carbons (Fsp3) is 0.579. The van der Waals surface area contributed by atoms with E-state index in [1.807, 2.05) is 17.0 Å².